The molecule has 3 nitrogen and oxygen atoms in total. The van der Waals surface area contributed by atoms with E-state index < -0.39 is 0 Å². The minimum Gasteiger partial charge on any atom is -0.466 e. The molecule has 1 saturated carbocycles. The SMILES string of the molecule is CC(=O)OCC1CCCN(C2(c3cc4ccccc4s3)CCCCC2)C1. The number of piperidine rings is 1. The summed E-state index contributed by atoms with van der Waals surface area (Å²) in [5, 5.41) is 1.38. The van der Waals surface area contributed by atoms with Crippen LogP contribution in [0, 0.1) is 5.92 Å². The van der Waals surface area contributed by atoms with Gasteiger partial charge in [-0.2, -0.15) is 0 Å². The number of carbonyl (C=O) groups excluding carboxylic acids is 1. The van der Waals surface area contributed by atoms with E-state index in [-0.39, 0.29) is 11.5 Å². The first-order valence-electron chi connectivity index (χ1n) is 10.0. The highest BCUT2D eigenvalue weighted by Gasteiger charge is 2.42. The number of likely N-dealkylation sites (tertiary alicyclic amines) is 1. The second kappa shape index (κ2) is 7.69. The van der Waals surface area contributed by atoms with Crippen molar-refractivity contribution in [3.8, 4) is 0 Å². The Hall–Kier alpha value is -1.39. The van der Waals surface area contributed by atoms with Gasteiger partial charge in [0, 0.05) is 29.0 Å². The molecule has 1 aliphatic heterocycles. The minimum absolute atomic E-state index is 0.154. The van der Waals surface area contributed by atoms with E-state index in [0.29, 0.717) is 12.5 Å². The smallest absolute Gasteiger partial charge is 0.302 e. The molecule has 26 heavy (non-hydrogen) atoms. The van der Waals surface area contributed by atoms with E-state index in [2.05, 4.69) is 35.2 Å². The van der Waals surface area contributed by atoms with Crippen LogP contribution in [0.25, 0.3) is 10.1 Å². The highest BCUT2D eigenvalue weighted by atomic mass is 32.1. The van der Waals surface area contributed by atoms with Crippen molar-refractivity contribution in [2.45, 2.75) is 57.4 Å². The Morgan fingerprint density at radius 2 is 2.04 bits per heavy atom. The van der Waals surface area contributed by atoms with Gasteiger partial charge in [-0.15, -0.1) is 11.3 Å². The van der Waals surface area contributed by atoms with Crippen LogP contribution in [0.3, 0.4) is 0 Å². The van der Waals surface area contributed by atoms with E-state index in [4.69, 9.17) is 4.74 Å². The Kier molecular flexibility index (Phi) is 5.32. The van der Waals surface area contributed by atoms with Crippen molar-refractivity contribution in [2.24, 2.45) is 5.92 Å². The van der Waals surface area contributed by atoms with Crippen LogP contribution < -0.4 is 0 Å². The third-order valence-corrected chi connectivity index (χ3v) is 7.52. The monoisotopic (exact) mass is 371 g/mol. The number of fused-ring (bicyclic) bond motifs is 1. The highest BCUT2D eigenvalue weighted by Crippen LogP contribution is 2.47. The molecule has 4 rings (SSSR count). The van der Waals surface area contributed by atoms with Crippen LogP contribution in [0.15, 0.2) is 30.3 Å². The first-order valence-corrected chi connectivity index (χ1v) is 10.9. The Morgan fingerprint density at radius 3 is 2.81 bits per heavy atom. The number of benzene rings is 1. The lowest BCUT2D eigenvalue weighted by atomic mass is 9.77. The maximum atomic E-state index is 11.2. The average Bonchev–Trinajstić information content (AvgIpc) is 3.12. The van der Waals surface area contributed by atoms with E-state index in [1.54, 1.807) is 4.88 Å². The molecule has 0 bridgehead atoms. The van der Waals surface area contributed by atoms with Gasteiger partial charge < -0.3 is 4.74 Å². The predicted molar refractivity (Wildman–Crippen MR) is 108 cm³/mol. The fourth-order valence-electron chi connectivity index (χ4n) is 4.89. The molecule has 0 spiro atoms. The van der Waals surface area contributed by atoms with E-state index in [0.717, 1.165) is 6.54 Å². The third kappa shape index (κ3) is 3.54. The number of hydrogen-bond acceptors (Lipinski definition) is 4. The van der Waals surface area contributed by atoms with Crippen LogP contribution in [0.1, 0.15) is 56.7 Å². The summed E-state index contributed by atoms with van der Waals surface area (Å²) in [6.45, 7) is 4.32. The first-order chi connectivity index (χ1) is 12.7. The molecule has 1 aromatic carbocycles. The Morgan fingerprint density at radius 1 is 1.23 bits per heavy atom. The predicted octanol–water partition coefficient (Wildman–Crippen LogP) is 5.34. The zero-order chi connectivity index (χ0) is 18.0. The number of thiophene rings is 1. The molecule has 4 heteroatoms. The lowest BCUT2D eigenvalue weighted by molar-refractivity contribution is -0.143. The molecule has 0 amide bonds. The van der Waals surface area contributed by atoms with Crippen LogP contribution in [-0.2, 0) is 15.1 Å². The van der Waals surface area contributed by atoms with Crippen molar-refractivity contribution < 1.29 is 9.53 Å². The van der Waals surface area contributed by atoms with Gasteiger partial charge in [-0.25, -0.2) is 0 Å². The molecule has 2 heterocycles. The molecule has 1 unspecified atom stereocenters. The minimum atomic E-state index is -0.154. The summed E-state index contributed by atoms with van der Waals surface area (Å²) >= 11 is 1.99. The number of esters is 1. The van der Waals surface area contributed by atoms with Gasteiger partial charge in [0.15, 0.2) is 0 Å². The van der Waals surface area contributed by atoms with Crippen molar-refractivity contribution >= 4 is 27.4 Å². The second-order valence-electron chi connectivity index (χ2n) is 8.00. The molecule has 1 aliphatic carbocycles. The number of rotatable bonds is 4. The summed E-state index contributed by atoms with van der Waals surface area (Å²) < 4.78 is 6.74. The van der Waals surface area contributed by atoms with Crippen LogP contribution in [-0.4, -0.2) is 30.6 Å². The van der Waals surface area contributed by atoms with E-state index in [1.165, 1.54) is 68.5 Å². The van der Waals surface area contributed by atoms with Crippen LogP contribution in [0.5, 0.6) is 0 Å². The van der Waals surface area contributed by atoms with Gasteiger partial charge in [-0.05, 0) is 49.7 Å². The van der Waals surface area contributed by atoms with E-state index in [1.807, 2.05) is 11.3 Å². The average molecular weight is 372 g/mol. The van der Waals surface area contributed by atoms with Crippen molar-refractivity contribution in [2.75, 3.05) is 19.7 Å². The van der Waals surface area contributed by atoms with E-state index >= 15 is 0 Å². The second-order valence-corrected chi connectivity index (χ2v) is 9.08. The van der Waals surface area contributed by atoms with Gasteiger partial charge >= 0.3 is 5.97 Å². The summed E-state index contributed by atoms with van der Waals surface area (Å²) in [6.07, 6.45) is 8.90. The van der Waals surface area contributed by atoms with Crippen LogP contribution >= 0.6 is 11.3 Å². The maximum Gasteiger partial charge on any atom is 0.302 e. The fraction of sp³-hybridized carbons (Fsp3) is 0.591. The molecule has 2 aliphatic rings. The standard InChI is InChI=1S/C22H29NO2S/c1-17(24)25-16-18-8-7-13-23(15-18)22(11-5-2-6-12-22)21-14-19-9-3-4-10-20(19)26-21/h3-4,9-10,14,18H,2,5-8,11-13,15-16H2,1H3. The summed E-state index contributed by atoms with van der Waals surface area (Å²) in [6, 6.07) is 11.2. The highest BCUT2D eigenvalue weighted by molar-refractivity contribution is 7.19. The fourth-order valence-corrected chi connectivity index (χ4v) is 6.23. The molecule has 0 N–H and O–H groups in total. The quantitative estimate of drug-likeness (QED) is 0.680. The van der Waals surface area contributed by atoms with Gasteiger partial charge in [0.1, 0.15) is 0 Å². The third-order valence-electron chi connectivity index (χ3n) is 6.21. The number of ether oxygens (including phenoxy) is 1. The van der Waals surface area contributed by atoms with Crippen molar-refractivity contribution in [1.82, 2.24) is 4.90 Å². The number of nitrogens with zero attached hydrogens (tertiary/aromatic N) is 1. The summed E-state index contributed by atoms with van der Waals surface area (Å²) in [7, 11) is 0. The molecule has 140 valence electrons. The van der Waals surface area contributed by atoms with Crippen LogP contribution in [0.2, 0.25) is 0 Å². The lowest BCUT2D eigenvalue weighted by Crippen LogP contribution is -2.52. The number of hydrogen-bond donors (Lipinski definition) is 0. The largest absolute Gasteiger partial charge is 0.466 e. The maximum absolute atomic E-state index is 11.2. The topological polar surface area (TPSA) is 29.5 Å². The van der Waals surface area contributed by atoms with Crippen LogP contribution in [0.4, 0.5) is 0 Å². The van der Waals surface area contributed by atoms with Gasteiger partial charge in [0.05, 0.1) is 12.1 Å². The molecule has 2 fully saturated rings. The van der Waals surface area contributed by atoms with Crippen molar-refractivity contribution in [1.29, 1.82) is 0 Å². The normalized spacial score (nSPS) is 23.8. The van der Waals surface area contributed by atoms with Gasteiger partial charge in [0.2, 0.25) is 0 Å². The Balaban J connectivity index is 1.62. The zero-order valence-electron chi connectivity index (χ0n) is 15.7. The molecular formula is C22H29NO2S. The molecule has 1 saturated heterocycles. The lowest BCUT2D eigenvalue weighted by Gasteiger charge is -2.49. The summed E-state index contributed by atoms with van der Waals surface area (Å²) in [4.78, 5) is 15.5. The Bertz CT molecular complexity index is 729. The molecule has 2 aromatic rings. The summed E-state index contributed by atoms with van der Waals surface area (Å²) in [5.41, 5.74) is 0.191. The van der Waals surface area contributed by atoms with Crippen molar-refractivity contribution in [3.63, 3.8) is 0 Å². The zero-order valence-corrected chi connectivity index (χ0v) is 16.5. The van der Waals surface area contributed by atoms with Gasteiger partial charge in [0.25, 0.3) is 0 Å². The Labute approximate surface area is 160 Å². The molecular weight excluding hydrogens is 342 g/mol. The molecule has 1 aromatic heterocycles. The number of carbonyl (C=O) groups is 1. The molecule has 0 radical (unpaired) electrons. The first kappa shape index (κ1) is 18.0. The van der Waals surface area contributed by atoms with Crippen molar-refractivity contribution in [3.05, 3.63) is 35.2 Å². The van der Waals surface area contributed by atoms with Gasteiger partial charge in [-0.1, -0.05) is 37.5 Å². The molecule has 1 atom stereocenters. The van der Waals surface area contributed by atoms with E-state index in [9.17, 15) is 4.79 Å². The van der Waals surface area contributed by atoms with Gasteiger partial charge in [-0.3, -0.25) is 9.69 Å². The summed E-state index contributed by atoms with van der Waals surface area (Å²) in [5.74, 6) is 0.319.